The van der Waals surface area contributed by atoms with Gasteiger partial charge in [-0.15, -0.1) is 0 Å². The van der Waals surface area contributed by atoms with Crippen molar-refractivity contribution in [3.8, 4) is 0 Å². The van der Waals surface area contributed by atoms with E-state index in [0.29, 0.717) is 6.10 Å². The van der Waals surface area contributed by atoms with Crippen LogP contribution in [0.4, 0.5) is 5.69 Å². The molecule has 1 fully saturated rings. The van der Waals surface area contributed by atoms with E-state index in [1.807, 2.05) is 12.1 Å². The normalized spacial score (nSPS) is 23.4. The van der Waals surface area contributed by atoms with E-state index < -0.39 is 0 Å². The van der Waals surface area contributed by atoms with Crippen molar-refractivity contribution in [1.82, 2.24) is 0 Å². The summed E-state index contributed by atoms with van der Waals surface area (Å²) in [6.07, 6.45) is 9.32. The molecule has 19 heavy (non-hydrogen) atoms. The molecule has 2 nitrogen and oxygen atoms in total. The highest BCUT2D eigenvalue weighted by atomic mass is 16.5. The number of rotatable bonds is 6. The number of nitrogens with two attached hydrogens (primary N) is 1. The quantitative estimate of drug-likeness (QED) is 0.615. The van der Waals surface area contributed by atoms with Crippen LogP contribution in [0.2, 0.25) is 0 Å². The van der Waals surface area contributed by atoms with Gasteiger partial charge in [-0.3, -0.25) is 0 Å². The molecule has 0 amide bonds. The van der Waals surface area contributed by atoms with Gasteiger partial charge in [0.25, 0.3) is 0 Å². The number of aryl methyl sites for hydroxylation is 1. The summed E-state index contributed by atoms with van der Waals surface area (Å²) in [7, 11) is 0. The molecule has 2 heteroatoms. The first kappa shape index (κ1) is 14.4. The SMILES string of the molecule is CCC1CCCC(OCCCc2ccc(N)cc2)C1. The van der Waals surface area contributed by atoms with Gasteiger partial charge in [0.15, 0.2) is 0 Å². The highest BCUT2D eigenvalue weighted by Crippen LogP contribution is 2.28. The van der Waals surface area contributed by atoms with Crippen LogP contribution in [-0.4, -0.2) is 12.7 Å². The molecule has 1 aromatic carbocycles. The third kappa shape index (κ3) is 4.87. The summed E-state index contributed by atoms with van der Waals surface area (Å²) in [4.78, 5) is 0. The fraction of sp³-hybridized carbons (Fsp3) is 0.647. The Balaban J connectivity index is 1.62. The van der Waals surface area contributed by atoms with Crippen molar-refractivity contribution in [2.75, 3.05) is 12.3 Å². The molecule has 2 N–H and O–H groups in total. The summed E-state index contributed by atoms with van der Waals surface area (Å²) in [5.41, 5.74) is 7.88. The minimum absolute atomic E-state index is 0.519. The Bertz CT molecular complexity index is 360. The van der Waals surface area contributed by atoms with Crippen LogP contribution in [0.25, 0.3) is 0 Å². The van der Waals surface area contributed by atoms with Gasteiger partial charge in [0, 0.05) is 12.3 Å². The van der Waals surface area contributed by atoms with Gasteiger partial charge in [-0.25, -0.2) is 0 Å². The number of benzene rings is 1. The molecule has 106 valence electrons. The van der Waals surface area contributed by atoms with Gasteiger partial charge in [0.2, 0.25) is 0 Å². The van der Waals surface area contributed by atoms with Gasteiger partial charge >= 0.3 is 0 Å². The fourth-order valence-corrected chi connectivity index (χ4v) is 2.97. The molecule has 0 heterocycles. The van der Waals surface area contributed by atoms with Crippen LogP contribution < -0.4 is 5.73 Å². The second kappa shape index (κ2) is 7.54. The van der Waals surface area contributed by atoms with E-state index in [-0.39, 0.29) is 0 Å². The van der Waals surface area contributed by atoms with Crippen molar-refractivity contribution >= 4 is 5.69 Å². The molecule has 1 saturated carbocycles. The van der Waals surface area contributed by atoms with E-state index in [4.69, 9.17) is 10.5 Å². The Hall–Kier alpha value is -1.02. The van der Waals surface area contributed by atoms with Crippen LogP contribution in [0.15, 0.2) is 24.3 Å². The molecule has 1 aliphatic carbocycles. The molecule has 0 radical (unpaired) electrons. The largest absolute Gasteiger partial charge is 0.399 e. The lowest BCUT2D eigenvalue weighted by Gasteiger charge is -2.28. The average Bonchev–Trinajstić information content (AvgIpc) is 2.46. The fourth-order valence-electron chi connectivity index (χ4n) is 2.97. The number of anilines is 1. The minimum atomic E-state index is 0.519. The molecule has 1 aliphatic rings. The third-order valence-corrected chi connectivity index (χ3v) is 4.26. The third-order valence-electron chi connectivity index (χ3n) is 4.26. The highest BCUT2D eigenvalue weighted by molar-refractivity contribution is 5.39. The predicted octanol–water partition coefficient (Wildman–Crippen LogP) is 4.19. The summed E-state index contributed by atoms with van der Waals surface area (Å²) in [5.74, 6) is 0.899. The molecule has 2 unspecified atom stereocenters. The first-order valence-electron chi connectivity index (χ1n) is 7.74. The summed E-state index contributed by atoms with van der Waals surface area (Å²) in [6, 6.07) is 8.18. The Morgan fingerprint density at radius 1 is 1.21 bits per heavy atom. The summed E-state index contributed by atoms with van der Waals surface area (Å²) >= 11 is 0. The van der Waals surface area contributed by atoms with Crippen LogP contribution in [-0.2, 0) is 11.2 Å². The maximum absolute atomic E-state index is 6.04. The first-order chi connectivity index (χ1) is 9.28. The summed E-state index contributed by atoms with van der Waals surface area (Å²) in [5, 5.41) is 0. The van der Waals surface area contributed by atoms with Crippen molar-refractivity contribution in [3.63, 3.8) is 0 Å². The average molecular weight is 261 g/mol. The smallest absolute Gasteiger partial charge is 0.0577 e. The lowest BCUT2D eigenvalue weighted by atomic mass is 9.85. The topological polar surface area (TPSA) is 35.2 Å². The van der Waals surface area contributed by atoms with Gasteiger partial charge < -0.3 is 10.5 Å². The summed E-state index contributed by atoms with van der Waals surface area (Å²) < 4.78 is 6.04. The monoisotopic (exact) mass is 261 g/mol. The molecule has 2 atom stereocenters. The molecular weight excluding hydrogens is 234 g/mol. The Morgan fingerprint density at radius 2 is 2.00 bits per heavy atom. The Labute approximate surface area is 117 Å². The zero-order chi connectivity index (χ0) is 13.5. The van der Waals surface area contributed by atoms with Crippen molar-refractivity contribution in [1.29, 1.82) is 0 Å². The second-order valence-corrected chi connectivity index (χ2v) is 5.78. The molecule has 2 rings (SSSR count). The first-order valence-corrected chi connectivity index (χ1v) is 7.74. The Morgan fingerprint density at radius 3 is 2.74 bits per heavy atom. The van der Waals surface area contributed by atoms with Crippen LogP contribution in [0.1, 0.15) is 51.0 Å². The van der Waals surface area contributed by atoms with Gasteiger partial charge in [-0.2, -0.15) is 0 Å². The van der Waals surface area contributed by atoms with E-state index in [2.05, 4.69) is 19.1 Å². The van der Waals surface area contributed by atoms with E-state index in [9.17, 15) is 0 Å². The van der Waals surface area contributed by atoms with E-state index in [0.717, 1.165) is 31.1 Å². The standard InChI is InChI=1S/C17H27NO/c1-2-14-5-3-7-17(13-14)19-12-4-6-15-8-10-16(18)11-9-15/h8-11,14,17H,2-7,12-13,18H2,1H3. The molecule has 0 saturated heterocycles. The molecule has 1 aromatic rings. The lowest BCUT2D eigenvalue weighted by Crippen LogP contribution is -2.23. The number of hydrogen-bond acceptors (Lipinski definition) is 2. The number of hydrogen-bond donors (Lipinski definition) is 1. The van der Waals surface area contributed by atoms with Crippen LogP contribution in [0, 0.1) is 5.92 Å². The lowest BCUT2D eigenvalue weighted by molar-refractivity contribution is 0.0115. The summed E-state index contributed by atoms with van der Waals surface area (Å²) in [6.45, 7) is 3.19. The van der Waals surface area contributed by atoms with Crippen molar-refractivity contribution in [2.24, 2.45) is 5.92 Å². The predicted molar refractivity (Wildman–Crippen MR) is 81.2 cm³/mol. The van der Waals surface area contributed by atoms with Gasteiger partial charge in [0.05, 0.1) is 6.10 Å². The molecule has 0 aliphatic heterocycles. The molecular formula is C17H27NO. The van der Waals surface area contributed by atoms with Gasteiger partial charge in [0.1, 0.15) is 0 Å². The maximum Gasteiger partial charge on any atom is 0.0577 e. The van der Waals surface area contributed by atoms with Crippen LogP contribution >= 0.6 is 0 Å². The Kier molecular flexibility index (Phi) is 5.71. The highest BCUT2D eigenvalue weighted by Gasteiger charge is 2.20. The van der Waals surface area contributed by atoms with Crippen LogP contribution in [0.5, 0.6) is 0 Å². The second-order valence-electron chi connectivity index (χ2n) is 5.78. The molecule has 0 bridgehead atoms. The number of ether oxygens (including phenoxy) is 1. The van der Waals surface area contributed by atoms with E-state index in [1.54, 1.807) is 0 Å². The maximum atomic E-state index is 6.04. The number of nitrogen functional groups attached to an aromatic ring is 1. The molecule has 0 aromatic heterocycles. The zero-order valence-electron chi connectivity index (χ0n) is 12.1. The van der Waals surface area contributed by atoms with E-state index >= 15 is 0 Å². The van der Waals surface area contributed by atoms with Crippen molar-refractivity contribution < 1.29 is 4.74 Å². The minimum Gasteiger partial charge on any atom is -0.399 e. The van der Waals surface area contributed by atoms with Gasteiger partial charge in [-0.1, -0.05) is 38.3 Å². The molecule has 0 spiro atoms. The van der Waals surface area contributed by atoms with Crippen LogP contribution in [0.3, 0.4) is 0 Å². The zero-order valence-corrected chi connectivity index (χ0v) is 12.1. The van der Waals surface area contributed by atoms with Crippen molar-refractivity contribution in [3.05, 3.63) is 29.8 Å². The van der Waals surface area contributed by atoms with Gasteiger partial charge in [-0.05, 0) is 49.3 Å². The van der Waals surface area contributed by atoms with E-state index in [1.165, 1.54) is 37.7 Å². The van der Waals surface area contributed by atoms with Crippen molar-refractivity contribution in [2.45, 2.75) is 58.0 Å².